The maximum absolute atomic E-state index is 13.6. The van der Waals surface area contributed by atoms with Gasteiger partial charge in [-0.05, 0) is 84.8 Å². The average Bonchev–Trinajstić information content (AvgIpc) is 2.98. The van der Waals surface area contributed by atoms with Crippen LogP contribution in [0.5, 0.6) is 0 Å². The van der Waals surface area contributed by atoms with E-state index >= 15 is 0 Å². The predicted molar refractivity (Wildman–Crippen MR) is 156 cm³/mol. The van der Waals surface area contributed by atoms with Crippen LogP contribution >= 0.6 is 0 Å². The molecule has 4 N–H and O–H groups in total. The van der Waals surface area contributed by atoms with Crippen LogP contribution in [0.25, 0.3) is 0 Å². The molecule has 4 rings (SSSR count). The Kier molecular flexibility index (Phi) is 10.1. The molecule has 3 amide bonds. The summed E-state index contributed by atoms with van der Waals surface area (Å²) in [6.45, 7) is 1.11. The van der Waals surface area contributed by atoms with Gasteiger partial charge in [0.2, 0.25) is 0 Å². The van der Waals surface area contributed by atoms with Crippen LogP contribution in [-0.4, -0.2) is 40.8 Å². The molecule has 3 aromatic rings. The number of rotatable bonds is 9. The summed E-state index contributed by atoms with van der Waals surface area (Å²) >= 11 is 0. The first-order valence-corrected chi connectivity index (χ1v) is 14.1. The van der Waals surface area contributed by atoms with Crippen molar-refractivity contribution in [2.24, 2.45) is 0 Å². The van der Waals surface area contributed by atoms with Gasteiger partial charge >= 0.3 is 18.2 Å². The zero-order chi connectivity index (χ0) is 31.1. The quantitative estimate of drug-likeness (QED) is 0.225. The molecule has 0 aromatic heterocycles. The standard InChI is InChI=1S/C32H34F3N3O5/c1-20-15-25(32(33,34)35)17-26(16-20)37-31(43)38(27-13-11-23(12-14-27)22-5-3-2-4-6-22)19-21-7-9-24(10-8-21)29(40)36-18-28(39)30(41)42/h7-17,22,28,39H,2-6,18-19H2,1H3,(H,36,40)(H,37,43)(H,41,42)/t28-/m1/s1. The van der Waals surface area contributed by atoms with Crippen molar-refractivity contribution in [2.45, 2.75) is 63.8 Å². The Balaban J connectivity index is 1.56. The number of aliphatic hydroxyl groups is 1. The number of nitrogens with zero attached hydrogens (tertiary/aromatic N) is 1. The lowest BCUT2D eigenvalue weighted by Crippen LogP contribution is -2.36. The van der Waals surface area contributed by atoms with Crippen LogP contribution in [0.3, 0.4) is 0 Å². The Morgan fingerprint density at radius 1 is 0.953 bits per heavy atom. The summed E-state index contributed by atoms with van der Waals surface area (Å²) in [6.07, 6.45) is -0.527. The Bertz CT molecular complexity index is 1440. The van der Waals surface area contributed by atoms with Gasteiger partial charge in [-0.25, -0.2) is 9.59 Å². The lowest BCUT2D eigenvalue weighted by atomic mass is 9.84. The third-order valence-corrected chi connectivity index (χ3v) is 7.48. The number of benzene rings is 3. The first kappa shape index (κ1) is 31.6. The number of aliphatic carboxylic acids is 1. The average molecular weight is 598 g/mol. The molecule has 1 aliphatic rings. The van der Waals surface area contributed by atoms with Crippen molar-refractivity contribution in [3.05, 3.63) is 94.5 Å². The molecule has 0 spiro atoms. The van der Waals surface area contributed by atoms with E-state index in [2.05, 4.69) is 10.6 Å². The van der Waals surface area contributed by atoms with Gasteiger partial charge in [-0.15, -0.1) is 0 Å². The molecule has 3 aromatic carbocycles. The Morgan fingerprint density at radius 2 is 1.60 bits per heavy atom. The summed E-state index contributed by atoms with van der Waals surface area (Å²) in [6, 6.07) is 16.6. The number of urea groups is 1. The van der Waals surface area contributed by atoms with E-state index in [0.717, 1.165) is 25.0 Å². The number of aryl methyl sites for hydroxylation is 1. The van der Waals surface area contributed by atoms with Crippen molar-refractivity contribution in [1.82, 2.24) is 5.32 Å². The first-order valence-electron chi connectivity index (χ1n) is 14.1. The van der Waals surface area contributed by atoms with Crippen molar-refractivity contribution >= 4 is 29.3 Å². The molecule has 8 nitrogen and oxygen atoms in total. The maximum atomic E-state index is 13.6. The van der Waals surface area contributed by atoms with Crippen LogP contribution in [0.4, 0.5) is 29.3 Å². The molecule has 0 radical (unpaired) electrons. The van der Waals surface area contributed by atoms with Crippen molar-refractivity contribution < 1.29 is 37.8 Å². The number of carbonyl (C=O) groups is 3. The third kappa shape index (κ3) is 8.57. The minimum atomic E-state index is -4.57. The lowest BCUT2D eigenvalue weighted by Gasteiger charge is -2.26. The highest BCUT2D eigenvalue weighted by atomic mass is 19.4. The number of carboxylic acid groups (broad SMARTS) is 1. The Labute approximate surface area is 247 Å². The first-order chi connectivity index (χ1) is 20.4. The van der Waals surface area contributed by atoms with Crippen LogP contribution in [-0.2, 0) is 17.5 Å². The normalized spacial score (nSPS) is 14.5. The number of nitrogens with one attached hydrogen (secondary N) is 2. The van der Waals surface area contributed by atoms with E-state index in [1.54, 1.807) is 12.1 Å². The number of amides is 3. The smallest absolute Gasteiger partial charge is 0.416 e. The maximum Gasteiger partial charge on any atom is 0.416 e. The topological polar surface area (TPSA) is 119 Å². The second-order valence-electron chi connectivity index (χ2n) is 10.8. The molecule has 0 aliphatic heterocycles. The van der Waals surface area contributed by atoms with Gasteiger partial charge < -0.3 is 20.8 Å². The molecule has 1 fully saturated rings. The third-order valence-electron chi connectivity index (χ3n) is 7.48. The van der Waals surface area contributed by atoms with Crippen LogP contribution < -0.4 is 15.5 Å². The number of carbonyl (C=O) groups excluding carboxylic acids is 2. The fraction of sp³-hybridized carbons (Fsp3) is 0.344. The summed E-state index contributed by atoms with van der Waals surface area (Å²) in [7, 11) is 0. The van der Waals surface area contributed by atoms with Crippen LogP contribution in [0.1, 0.15) is 70.6 Å². The highest BCUT2D eigenvalue weighted by molar-refractivity contribution is 6.02. The predicted octanol–water partition coefficient (Wildman–Crippen LogP) is 6.48. The van der Waals surface area contributed by atoms with E-state index in [1.807, 2.05) is 24.3 Å². The Hall–Kier alpha value is -4.38. The van der Waals surface area contributed by atoms with Gasteiger partial charge in [-0.2, -0.15) is 13.2 Å². The second-order valence-corrected chi connectivity index (χ2v) is 10.8. The molecule has 1 saturated carbocycles. The Morgan fingerprint density at radius 3 is 2.21 bits per heavy atom. The van der Waals surface area contributed by atoms with Crippen molar-refractivity contribution in [3.63, 3.8) is 0 Å². The lowest BCUT2D eigenvalue weighted by molar-refractivity contribution is -0.146. The van der Waals surface area contributed by atoms with Crippen molar-refractivity contribution in [2.75, 3.05) is 16.8 Å². The van der Waals surface area contributed by atoms with Gasteiger partial charge in [0, 0.05) is 16.9 Å². The molecular weight excluding hydrogens is 563 g/mol. The fourth-order valence-corrected chi connectivity index (χ4v) is 5.18. The summed E-state index contributed by atoms with van der Waals surface area (Å²) in [4.78, 5) is 38.1. The van der Waals surface area contributed by atoms with Gasteiger partial charge in [0.1, 0.15) is 0 Å². The molecule has 0 saturated heterocycles. The number of halogens is 3. The second kappa shape index (κ2) is 13.7. The zero-order valence-electron chi connectivity index (χ0n) is 23.7. The van der Waals surface area contributed by atoms with Gasteiger partial charge in [-0.3, -0.25) is 9.69 Å². The number of hydrogen-bond donors (Lipinski definition) is 4. The molecule has 0 unspecified atom stereocenters. The van der Waals surface area contributed by atoms with Gasteiger partial charge in [0.05, 0.1) is 18.7 Å². The molecule has 1 atom stereocenters. The molecule has 1 aliphatic carbocycles. The van der Waals surface area contributed by atoms with Crippen LogP contribution in [0.15, 0.2) is 66.7 Å². The minimum absolute atomic E-state index is 0.0109. The summed E-state index contributed by atoms with van der Waals surface area (Å²) in [5.41, 5.74) is 2.07. The summed E-state index contributed by atoms with van der Waals surface area (Å²) in [5, 5.41) is 23.1. The van der Waals surface area contributed by atoms with Crippen molar-refractivity contribution in [1.29, 1.82) is 0 Å². The number of alkyl halides is 3. The van der Waals surface area contributed by atoms with Gasteiger partial charge in [-0.1, -0.05) is 43.5 Å². The van der Waals surface area contributed by atoms with Gasteiger partial charge in [0.15, 0.2) is 6.10 Å². The van der Waals surface area contributed by atoms with E-state index in [9.17, 15) is 32.7 Å². The largest absolute Gasteiger partial charge is 0.479 e. The van der Waals surface area contributed by atoms with E-state index in [-0.39, 0.29) is 17.8 Å². The van der Waals surface area contributed by atoms with Crippen molar-refractivity contribution in [3.8, 4) is 0 Å². The zero-order valence-corrected chi connectivity index (χ0v) is 23.7. The number of carboxylic acids is 1. The summed E-state index contributed by atoms with van der Waals surface area (Å²) < 4.78 is 40.2. The van der Waals surface area contributed by atoms with E-state index < -0.39 is 42.3 Å². The highest BCUT2D eigenvalue weighted by Gasteiger charge is 2.31. The monoisotopic (exact) mass is 597 g/mol. The molecule has 0 bridgehead atoms. The molecule has 11 heteroatoms. The highest BCUT2D eigenvalue weighted by Crippen LogP contribution is 2.34. The van der Waals surface area contributed by atoms with Crippen LogP contribution in [0.2, 0.25) is 0 Å². The number of hydrogen-bond acceptors (Lipinski definition) is 4. The SMILES string of the molecule is Cc1cc(NC(=O)N(Cc2ccc(C(=O)NC[C@@H](O)C(=O)O)cc2)c2ccc(C3CCCCC3)cc2)cc(C(F)(F)F)c1. The molecule has 0 heterocycles. The molecular formula is C32H34F3N3O5. The summed E-state index contributed by atoms with van der Waals surface area (Å²) in [5.74, 6) is -1.59. The minimum Gasteiger partial charge on any atom is -0.479 e. The molecule has 43 heavy (non-hydrogen) atoms. The van der Waals surface area contributed by atoms with E-state index in [1.165, 1.54) is 54.8 Å². The number of aliphatic hydroxyl groups excluding tert-OH is 1. The fourth-order valence-electron chi connectivity index (χ4n) is 5.18. The van der Waals surface area contributed by atoms with Crippen LogP contribution in [0, 0.1) is 6.92 Å². The molecule has 228 valence electrons. The van der Waals surface area contributed by atoms with E-state index in [0.29, 0.717) is 22.7 Å². The van der Waals surface area contributed by atoms with Gasteiger partial charge in [0.25, 0.3) is 5.91 Å². The van der Waals surface area contributed by atoms with E-state index in [4.69, 9.17) is 5.11 Å². The number of anilines is 2.